The van der Waals surface area contributed by atoms with Crippen LogP contribution < -0.4 is 5.73 Å². The van der Waals surface area contributed by atoms with Gasteiger partial charge in [-0.15, -0.1) is 0 Å². The lowest BCUT2D eigenvalue weighted by molar-refractivity contribution is -0.167. The van der Waals surface area contributed by atoms with Crippen molar-refractivity contribution in [3.63, 3.8) is 0 Å². The van der Waals surface area contributed by atoms with Gasteiger partial charge >= 0.3 is 0 Å². The van der Waals surface area contributed by atoms with Crippen molar-refractivity contribution in [3.8, 4) is 16.9 Å². The first-order valence-corrected chi connectivity index (χ1v) is 11.0. The molecule has 5 rings (SSSR count). The molecule has 2 unspecified atom stereocenters. The molecule has 1 aromatic carbocycles. The molecule has 0 saturated heterocycles. The Hall–Kier alpha value is -3.34. The number of aromatic nitrogens is 2. The minimum Gasteiger partial charge on any atom is -0.508 e. The second kappa shape index (κ2) is 7.59. The quantitative estimate of drug-likeness (QED) is 0.304. The van der Waals surface area contributed by atoms with Crippen molar-refractivity contribution in [1.82, 2.24) is 9.97 Å². The number of halogens is 1. The second-order valence-corrected chi connectivity index (χ2v) is 9.30. The second-order valence-electron chi connectivity index (χ2n) is 8.97. The first kappa shape index (κ1) is 22.5. The first-order valence-electron chi connectivity index (χ1n) is 10.6. The van der Waals surface area contributed by atoms with E-state index in [4.69, 9.17) is 17.3 Å². The van der Waals surface area contributed by atoms with Crippen LogP contribution in [0.2, 0.25) is 5.28 Å². The summed E-state index contributed by atoms with van der Waals surface area (Å²) in [5.74, 6) is -7.44. The number of hydrogen-bond acceptors (Lipinski definition) is 9. The Bertz CT molecular complexity index is 1290. The highest BCUT2D eigenvalue weighted by atomic mass is 35.5. The normalized spacial score (nSPS) is 30.4. The minimum atomic E-state index is -2.53. The van der Waals surface area contributed by atoms with Gasteiger partial charge in [0.2, 0.25) is 11.2 Å². The van der Waals surface area contributed by atoms with Gasteiger partial charge in [-0.05, 0) is 54.0 Å². The number of rotatable bonds is 2. The lowest BCUT2D eigenvalue weighted by atomic mass is 9.57. The Kier molecular flexibility index (Phi) is 5.01. The predicted molar refractivity (Wildman–Crippen MR) is 117 cm³/mol. The zero-order chi connectivity index (χ0) is 24.5. The van der Waals surface area contributed by atoms with Crippen molar-refractivity contribution in [3.05, 3.63) is 52.3 Å². The Morgan fingerprint density at radius 3 is 2.47 bits per heavy atom. The number of allylic oxidation sites excluding steroid dienone is 1. The summed E-state index contributed by atoms with van der Waals surface area (Å²) < 4.78 is 0. The molecule has 2 aromatic rings. The van der Waals surface area contributed by atoms with Gasteiger partial charge in [0.15, 0.2) is 17.2 Å². The fraction of sp³-hybridized carbons (Fsp3) is 0.348. The van der Waals surface area contributed by atoms with Gasteiger partial charge in [-0.25, -0.2) is 9.97 Å². The standard InChI is InChI=1S/C23H20ClN3O7/c24-22-26-6-9(7-27-22)11-1-2-13(28)16-12(11)4-8-3-10-5-14(29)17(21(25)33)20(32)23(10,34)19(31)15(8)18(16)30/h1-2,6-8,10,14,17,28-29,31,34H,3-5H2,(H2,25,33)/t8-,10+,14?,17?,23+/m1/s1. The maximum absolute atomic E-state index is 13.5. The van der Waals surface area contributed by atoms with Crippen LogP contribution in [0.5, 0.6) is 5.75 Å². The number of carbonyl (C=O) groups is 3. The zero-order valence-electron chi connectivity index (χ0n) is 17.6. The third-order valence-corrected chi connectivity index (χ3v) is 7.40. The van der Waals surface area contributed by atoms with Crippen LogP contribution >= 0.6 is 11.6 Å². The summed E-state index contributed by atoms with van der Waals surface area (Å²) in [5.41, 5.74) is 4.10. The van der Waals surface area contributed by atoms with E-state index in [0.717, 1.165) is 0 Å². The lowest BCUT2D eigenvalue weighted by Crippen LogP contribution is -2.63. The minimum absolute atomic E-state index is 0.0453. The van der Waals surface area contributed by atoms with Gasteiger partial charge in [-0.2, -0.15) is 0 Å². The summed E-state index contributed by atoms with van der Waals surface area (Å²) in [4.78, 5) is 46.2. The molecule has 176 valence electrons. The molecule has 0 spiro atoms. The molecule has 0 aliphatic heterocycles. The van der Waals surface area contributed by atoms with E-state index >= 15 is 0 Å². The first-order chi connectivity index (χ1) is 16.1. The van der Waals surface area contributed by atoms with Gasteiger partial charge in [0.05, 0.1) is 11.7 Å². The molecule has 1 amide bonds. The Morgan fingerprint density at radius 1 is 1.15 bits per heavy atom. The van der Waals surface area contributed by atoms with E-state index in [1.165, 1.54) is 18.5 Å². The molecule has 34 heavy (non-hydrogen) atoms. The van der Waals surface area contributed by atoms with E-state index in [9.17, 15) is 34.8 Å². The molecular weight excluding hydrogens is 466 g/mol. The van der Waals surface area contributed by atoms with Gasteiger partial charge in [0, 0.05) is 29.4 Å². The number of aliphatic hydroxyl groups excluding tert-OH is 2. The number of phenols is 1. The third-order valence-electron chi connectivity index (χ3n) is 7.20. The summed E-state index contributed by atoms with van der Waals surface area (Å²) >= 11 is 5.78. The molecule has 5 atom stereocenters. The number of primary amides is 1. The van der Waals surface area contributed by atoms with Crippen molar-refractivity contribution in [2.75, 3.05) is 0 Å². The average Bonchev–Trinajstić information content (AvgIpc) is 2.77. The number of benzene rings is 1. The van der Waals surface area contributed by atoms with Crippen LogP contribution in [0.1, 0.15) is 28.8 Å². The number of aromatic hydroxyl groups is 1. The van der Waals surface area contributed by atoms with Crippen LogP contribution in [0.3, 0.4) is 0 Å². The Labute approximate surface area is 197 Å². The van der Waals surface area contributed by atoms with Crippen LogP contribution in [0.25, 0.3) is 11.1 Å². The number of carbonyl (C=O) groups excluding carboxylic acids is 3. The summed E-state index contributed by atoms with van der Waals surface area (Å²) in [6.07, 6.45) is 1.67. The van der Waals surface area contributed by atoms with Crippen molar-refractivity contribution in [2.45, 2.75) is 31.0 Å². The van der Waals surface area contributed by atoms with Crippen molar-refractivity contribution >= 4 is 29.1 Å². The number of amides is 1. The Morgan fingerprint density at radius 2 is 1.82 bits per heavy atom. The monoisotopic (exact) mass is 485 g/mol. The smallest absolute Gasteiger partial charge is 0.230 e. The average molecular weight is 486 g/mol. The van der Waals surface area contributed by atoms with Gasteiger partial charge in [0.1, 0.15) is 17.4 Å². The van der Waals surface area contributed by atoms with E-state index in [2.05, 4.69) is 9.97 Å². The molecule has 1 heterocycles. The van der Waals surface area contributed by atoms with Gasteiger partial charge in [-0.1, -0.05) is 6.07 Å². The molecular formula is C23H20ClN3O7. The van der Waals surface area contributed by atoms with Crippen LogP contribution in [-0.2, 0) is 16.0 Å². The number of nitrogens with two attached hydrogens (primary N) is 1. The van der Waals surface area contributed by atoms with Gasteiger partial charge in [0.25, 0.3) is 0 Å². The third kappa shape index (κ3) is 2.99. The van der Waals surface area contributed by atoms with Crippen LogP contribution in [0.4, 0.5) is 0 Å². The molecule has 1 aromatic heterocycles. The van der Waals surface area contributed by atoms with Crippen molar-refractivity contribution in [2.24, 2.45) is 23.5 Å². The topological polar surface area (TPSA) is 184 Å². The fourth-order valence-corrected chi connectivity index (χ4v) is 5.75. The molecule has 0 bridgehead atoms. The molecule has 3 aliphatic carbocycles. The van der Waals surface area contributed by atoms with Crippen LogP contribution in [-0.4, -0.2) is 59.6 Å². The number of nitrogens with zero attached hydrogens (tertiary/aromatic N) is 2. The van der Waals surface area contributed by atoms with Crippen molar-refractivity contribution < 1.29 is 34.8 Å². The van der Waals surface area contributed by atoms with E-state index in [-0.39, 0.29) is 41.4 Å². The Balaban J connectivity index is 1.67. The van der Waals surface area contributed by atoms with Gasteiger partial charge in [-0.3, -0.25) is 14.4 Å². The lowest BCUT2D eigenvalue weighted by Gasteiger charge is -2.48. The maximum atomic E-state index is 13.5. The predicted octanol–water partition coefficient (Wildman–Crippen LogP) is 0.856. The van der Waals surface area contributed by atoms with Crippen molar-refractivity contribution in [1.29, 1.82) is 0 Å². The molecule has 1 saturated carbocycles. The number of hydrogen-bond donors (Lipinski definition) is 5. The molecule has 6 N–H and O–H groups in total. The largest absolute Gasteiger partial charge is 0.508 e. The summed E-state index contributed by atoms with van der Waals surface area (Å²) in [6, 6.07) is 2.94. The van der Waals surface area contributed by atoms with E-state index < -0.39 is 52.7 Å². The van der Waals surface area contributed by atoms with Crippen LogP contribution in [0, 0.1) is 17.8 Å². The summed E-state index contributed by atoms with van der Waals surface area (Å²) in [6.45, 7) is 0. The zero-order valence-corrected chi connectivity index (χ0v) is 18.4. The van der Waals surface area contributed by atoms with Gasteiger partial charge < -0.3 is 26.2 Å². The highest BCUT2D eigenvalue weighted by Gasteiger charge is 2.62. The fourth-order valence-electron chi connectivity index (χ4n) is 5.65. The molecule has 11 heteroatoms. The van der Waals surface area contributed by atoms with E-state index in [1.54, 1.807) is 6.07 Å². The number of Topliss-reactive ketones (excluding diaryl/α,β-unsaturated/α-hetero) is 2. The highest BCUT2D eigenvalue weighted by molar-refractivity contribution is 6.28. The van der Waals surface area contributed by atoms with E-state index in [0.29, 0.717) is 16.7 Å². The maximum Gasteiger partial charge on any atom is 0.230 e. The van der Waals surface area contributed by atoms with Crippen LogP contribution in [0.15, 0.2) is 35.9 Å². The number of phenolic OH excluding ortho intramolecular Hbond substituents is 1. The summed E-state index contributed by atoms with van der Waals surface area (Å²) in [5, 5.41) is 43.2. The number of aliphatic hydroxyl groups is 3. The van der Waals surface area contributed by atoms with E-state index in [1.807, 2.05) is 0 Å². The molecule has 0 radical (unpaired) electrons. The molecule has 10 nitrogen and oxygen atoms in total. The molecule has 1 fully saturated rings. The number of fused-ring (bicyclic) bond motifs is 3. The molecule has 3 aliphatic rings. The SMILES string of the molecule is NC(=O)C1C(=O)[C@@]2(O)C(O)=C3C(=O)c4c(O)ccc(-c5cnc(Cl)nc5)c4C[C@H]3C[C@H]2CC1O. The highest BCUT2D eigenvalue weighted by Crippen LogP contribution is 2.52. The number of ketones is 2. The summed E-state index contributed by atoms with van der Waals surface area (Å²) in [7, 11) is 0.